The lowest BCUT2D eigenvalue weighted by atomic mass is 9.84. The lowest BCUT2D eigenvalue weighted by molar-refractivity contribution is -0.192. The van der Waals surface area contributed by atoms with E-state index in [2.05, 4.69) is 4.98 Å². The van der Waals surface area contributed by atoms with Gasteiger partial charge in [-0.05, 0) is 12.3 Å². The van der Waals surface area contributed by atoms with Crippen LogP contribution in [0.2, 0.25) is 0 Å². The SMILES string of the molecule is CSCC(=O)N1CC2(CC(Oc3ccccn3)CCO2)C1.O=C(O)C(F)(F)F. The van der Waals surface area contributed by atoms with Gasteiger partial charge >= 0.3 is 12.1 Å². The Morgan fingerprint density at radius 1 is 1.43 bits per heavy atom. The van der Waals surface area contributed by atoms with Crippen LogP contribution in [-0.2, 0) is 14.3 Å². The number of ether oxygens (including phenoxy) is 2. The highest BCUT2D eigenvalue weighted by Crippen LogP contribution is 2.35. The molecule has 0 bridgehead atoms. The summed E-state index contributed by atoms with van der Waals surface area (Å²) in [5, 5.41) is 7.12. The normalized spacial score (nSPS) is 20.6. The quantitative estimate of drug-likeness (QED) is 0.796. The van der Waals surface area contributed by atoms with Crippen LogP contribution in [0.4, 0.5) is 13.2 Å². The second-order valence-corrected chi connectivity index (χ2v) is 7.28. The number of amides is 1. The second kappa shape index (κ2) is 9.46. The van der Waals surface area contributed by atoms with Crippen LogP contribution >= 0.6 is 11.8 Å². The van der Waals surface area contributed by atoms with Crippen molar-refractivity contribution in [2.75, 3.05) is 31.7 Å². The summed E-state index contributed by atoms with van der Waals surface area (Å²) in [6, 6.07) is 5.67. The van der Waals surface area contributed by atoms with Crippen LogP contribution in [0.1, 0.15) is 12.8 Å². The number of pyridine rings is 1. The fraction of sp³-hybridized carbons (Fsp3) is 0.588. The number of aromatic nitrogens is 1. The molecule has 2 aliphatic rings. The third-order valence-electron chi connectivity index (χ3n) is 4.19. The Kier molecular flexibility index (Phi) is 7.53. The zero-order valence-electron chi connectivity index (χ0n) is 15.1. The first-order valence-corrected chi connectivity index (χ1v) is 9.83. The van der Waals surface area contributed by atoms with E-state index in [1.807, 2.05) is 29.4 Å². The fourth-order valence-electron chi connectivity index (χ4n) is 2.93. The van der Waals surface area contributed by atoms with Crippen molar-refractivity contribution in [3.05, 3.63) is 24.4 Å². The number of halogens is 3. The minimum absolute atomic E-state index is 0.117. The monoisotopic (exact) mass is 422 g/mol. The minimum atomic E-state index is -5.08. The molecule has 1 amide bonds. The molecule has 1 aromatic rings. The van der Waals surface area contributed by atoms with Crippen LogP contribution in [0.3, 0.4) is 0 Å². The number of carboxylic acid groups (broad SMARTS) is 1. The maximum atomic E-state index is 11.8. The summed E-state index contributed by atoms with van der Waals surface area (Å²) < 4.78 is 43.6. The molecule has 11 heteroatoms. The van der Waals surface area contributed by atoms with Crippen LogP contribution in [0, 0.1) is 0 Å². The van der Waals surface area contributed by atoms with E-state index in [1.54, 1.807) is 18.0 Å². The summed E-state index contributed by atoms with van der Waals surface area (Å²) in [5.74, 6) is -1.35. The van der Waals surface area contributed by atoms with Gasteiger partial charge < -0.3 is 19.5 Å². The van der Waals surface area contributed by atoms with E-state index in [4.69, 9.17) is 19.4 Å². The van der Waals surface area contributed by atoms with Gasteiger partial charge in [-0.1, -0.05) is 6.07 Å². The standard InChI is InChI=1S/C15H20N2O3S.C2HF3O2/c1-21-9-14(18)17-10-15(11-17)8-12(5-7-19-15)20-13-4-2-3-6-16-13;3-2(4,5)1(6)7/h2-4,6,12H,5,7-11H2,1H3;(H,6,7). The number of rotatable bonds is 4. The molecule has 28 heavy (non-hydrogen) atoms. The number of alkyl halides is 3. The Morgan fingerprint density at radius 2 is 2.11 bits per heavy atom. The smallest absolute Gasteiger partial charge is 0.475 e. The molecule has 3 rings (SSSR count). The van der Waals surface area contributed by atoms with Gasteiger partial charge in [-0.3, -0.25) is 4.79 Å². The first-order valence-electron chi connectivity index (χ1n) is 8.44. The van der Waals surface area contributed by atoms with Crippen molar-refractivity contribution in [3.63, 3.8) is 0 Å². The molecule has 7 nitrogen and oxygen atoms in total. The highest BCUT2D eigenvalue weighted by atomic mass is 32.2. The van der Waals surface area contributed by atoms with E-state index in [9.17, 15) is 18.0 Å². The molecule has 2 fully saturated rings. The lowest BCUT2D eigenvalue weighted by Gasteiger charge is -2.52. The Balaban J connectivity index is 0.000000345. The van der Waals surface area contributed by atoms with Crippen molar-refractivity contribution in [1.29, 1.82) is 0 Å². The van der Waals surface area contributed by atoms with Crippen LogP contribution in [0.25, 0.3) is 0 Å². The molecule has 2 saturated heterocycles. The van der Waals surface area contributed by atoms with E-state index in [0.29, 0.717) is 31.3 Å². The van der Waals surface area contributed by atoms with Crippen molar-refractivity contribution in [2.45, 2.75) is 30.7 Å². The van der Waals surface area contributed by atoms with Gasteiger partial charge in [-0.2, -0.15) is 24.9 Å². The van der Waals surface area contributed by atoms with Gasteiger partial charge in [-0.15, -0.1) is 0 Å². The molecule has 1 spiro atoms. The molecule has 156 valence electrons. The number of carbonyl (C=O) groups excluding carboxylic acids is 1. The number of hydrogen-bond acceptors (Lipinski definition) is 6. The number of carboxylic acids is 1. The Morgan fingerprint density at radius 3 is 2.64 bits per heavy atom. The van der Waals surface area contributed by atoms with Crippen molar-refractivity contribution in [3.8, 4) is 5.88 Å². The highest BCUT2D eigenvalue weighted by molar-refractivity contribution is 7.99. The summed E-state index contributed by atoms with van der Waals surface area (Å²) in [6.07, 6.45) is 0.410. The number of likely N-dealkylation sites (tertiary alicyclic amines) is 1. The van der Waals surface area contributed by atoms with E-state index in [0.717, 1.165) is 12.8 Å². The Labute approximate surface area is 164 Å². The molecule has 3 heterocycles. The summed E-state index contributed by atoms with van der Waals surface area (Å²) in [4.78, 5) is 26.8. The predicted molar refractivity (Wildman–Crippen MR) is 95.2 cm³/mol. The maximum absolute atomic E-state index is 11.8. The molecule has 1 N–H and O–H groups in total. The molecule has 0 aromatic carbocycles. The third-order valence-corrected chi connectivity index (χ3v) is 4.73. The van der Waals surface area contributed by atoms with Crippen LogP contribution in [0.15, 0.2) is 24.4 Å². The topological polar surface area (TPSA) is 89.0 Å². The lowest BCUT2D eigenvalue weighted by Crippen LogP contribution is -2.67. The van der Waals surface area contributed by atoms with Gasteiger partial charge in [0.2, 0.25) is 11.8 Å². The van der Waals surface area contributed by atoms with E-state index < -0.39 is 12.1 Å². The van der Waals surface area contributed by atoms with Gasteiger partial charge in [0.1, 0.15) is 11.7 Å². The molecule has 0 radical (unpaired) electrons. The summed E-state index contributed by atoms with van der Waals surface area (Å²) in [5.41, 5.74) is -0.203. The first-order chi connectivity index (χ1) is 13.1. The summed E-state index contributed by atoms with van der Waals surface area (Å²) in [7, 11) is 0. The average molecular weight is 422 g/mol. The Hall–Kier alpha value is -2.01. The maximum Gasteiger partial charge on any atom is 0.490 e. The van der Waals surface area contributed by atoms with E-state index >= 15 is 0 Å². The zero-order valence-corrected chi connectivity index (χ0v) is 16.0. The number of hydrogen-bond donors (Lipinski definition) is 1. The predicted octanol–water partition coefficient (Wildman–Crippen LogP) is 2.22. The zero-order chi connectivity index (χ0) is 20.8. The number of nitrogens with zero attached hydrogens (tertiary/aromatic N) is 2. The molecular formula is C17H21F3N2O5S. The first kappa shape index (κ1) is 22.3. The van der Waals surface area contributed by atoms with Gasteiger partial charge in [0.15, 0.2) is 0 Å². The van der Waals surface area contributed by atoms with Crippen LogP contribution in [0.5, 0.6) is 5.88 Å². The molecule has 1 aromatic heterocycles. The highest BCUT2D eigenvalue weighted by Gasteiger charge is 2.49. The van der Waals surface area contributed by atoms with E-state index in [-0.39, 0.29) is 17.6 Å². The van der Waals surface area contributed by atoms with Gasteiger partial charge in [0, 0.05) is 25.1 Å². The van der Waals surface area contributed by atoms with Crippen molar-refractivity contribution >= 4 is 23.6 Å². The molecule has 1 unspecified atom stereocenters. The minimum Gasteiger partial charge on any atom is -0.475 e. The van der Waals surface area contributed by atoms with Gasteiger partial charge in [-0.25, -0.2) is 9.78 Å². The van der Waals surface area contributed by atoms with Gasteiger partial charge in [0.25, 0.3) is 0 Å². The summed E-state index contributed by atoms with van der Waals surface area (Å²) >= 11 is 1.56. The van der Waals surface area contributed by atoms with Crippen molar-refractivity contribution in [2.24, 2.45) is 0 Å². The number of aliphatic carboxylic acids is 1. The number of carbonyl (C=O) groups is 2. The summed E-state index contributed by atoms with van der Waals surface area (Å²) in [6.45, 7) is 2.06. The van der Waals surface area contributed by atoms with Crippen molar-refractivity contribution < 1.29 is 37.3 Å². The molecule has 1 atom stereocenters. The van der Waals surface area contributed by atoms with Gasteiger partial charge in [0.05, 0.1) is 25.4 Å². The number of thioether (sulfide) groups is 1. The Bertz CT molecular complexity index is 669. The average Bonchev–Trinajstić information content (AvgIpc) is 2.60. The largest absolute Gasteiger partial charge is 0.490 e. The van der Waals surface area contributed by atoms with E-state index in [1.165, 1.54) is 0 Å². The van der Waals surface area contributed by atoms with Crippen LogP contribution in [-0.4, -0.2) is 76.5 Å². The molecule has 0 aliphatic carbocycles. The molecule has 0 saturated carbocycles. The molecule has 2 aliphatic heterocycles. The second-order valence-electron chi connectivity index (χ2n) is 6.42. The van der Waals surface area contributed by atoms with Crippen LogP contribution < -0.4 is 4.74 Å². The van der Waals surface area contributed by atoms with Crippen molar-refractivity contribution in [1.82, 2.24) is 9.88 Å². The fourth-order valence-corrected chi connectivity index (χ4v) is 3.36. The third kappa shape index (κ3) is 6.26. The molecular weight excluding hydrogens is 401 g/mol.